The average Bonchev–Trinajstić information content (AvgIpc) is 2.78. The molecule has 0 amide bonds. The highest BCUT2D eigenvalue weighted by Crippen LogP contribution is 2.39. The van der Waals surface area contributed by atoms with Crippen molar-refractivity contribution in [3.05, 3.63) is 56.1 Å². The SMILES string of the molecule is COc1c(-c2ccc(Br)cc2OCCO[C@H]2C[C@@H](C(=O)OC)C2)oc2c(Cl)cccc2c1=O. The summed E-state index contributed by atoms with van der Waals surface area (Å²) in [5.41, 5.74) is 0.504. The summed E-state index contributed by atoms with van der Waals surface area (Å²) in [6.45, 7) is 0.610. The minimum Gasteiger partial charge on any atom is -0.490 e. The highest BCUT2D eigenvalue weighted by Gasteiger charge is 2.35. The minimum absolute atomic E-state index is 0.0143. The topological polar surface area (TPSA) is 84.2 Å². The molecule has 0 bridgehead atoms. The third kappa shape index (κ3) is 4.88. The fourth-order valence-corrected chi connectivity index (χ4v) is 4.31. The lowest BCUT2D eigenvalue weighted by Crippen LogP contribution is -2.37. The molecule has 1 aliphatic rings. The van der Waals surface area contributed by atoms with Crippen molar-refractivity contribution in [1.82, 2.24) is 0 Å². The zero-order valence-corrected chi connectivity index (χ0v) is 20.4. The molecular weight excluding hydrogens is 516 g/mol. The first-order chi connectivity index (χ1) is 15.9. The van der Waals surface area contributed by atoms with E-state index in [1.54, 1.807) is 30.3 Å². The Morgan fingerprint density at radius 1 is 1.18 bits per heavy atom. The maximum absolute atomic E-state index is 13.0. The molecule has 1 fully saturated rings. The highest BCUT2D eigenvalue weighted by atomic mass is 79.9. The number of benzene rings is 2. The van der Waals surface area contributed by atoms with Gasteiger partial charge in [0.15, 0.2) is 11.3 Å². The Kier molecular flexibility index (Phi) is 7.26. The van der Waals surface area contributed by atoms with E-state index in [9.17, 15) is 9.59 Å². The lowest BCUT2D eigenvalue weighted by molar-refractivity contribution is -0.155. The van der Waals surface area contributed by atoms with Crippen LogP contribution in [0.25, 0.3) is 22.3 Å². The number of fused-ring (bicyclic) bond motifs is 1. The van der Waals surface area contributed by atoms with Gasteiger partial charge in [0.25, 0.3) is 0 Å². The van der Waals surface area contributed by atoms with Gasteiger partial charge in [0.1, 0.15) is 12.4 Å². The van der Waals surface area contributed by atoms with Crippen molar-refractivity contribution in [3.8, 4) is 22.8 Å². The summed E-state index contributed by atoms with van der Waals surface area (Å²) in [6.07, 6.45) is 1.31. The van der Waals surface area contributed by atoms with Crippen LogP contribution in [0.3, 0.4) is 0 Å². The quantitative estimate of drug-likeness (QED) is 0.287. The van der Waals surface area contributed by atoms with E-state index in [0.717, 1.165) is 4.47 Å². The van der Waals surface area contributed by atoms with Crippen LogP contribution >= 0.6 is 27.5 Å². The summed E-state index contributed by atoms with van der Waals surface area (Å²) >= 11 is 9.73. The van der Waals surface area contributed by atoms with Crippen LogP contribution in [-0.4, -0.2) is 39.5 Å². The van der Waals surface area contributed by atoms with Crippen molar-refractivity contribution in [2.75, 3.05) is 27.4 Å². The molecule has 174 valence electrons. The van der Waals surface area contributed by atoms with Crippen molar-refractivity contribution in [2.24, 2.45) is 5.92 Å². The Bertz CT molecular complexity index is 1230. The molecule has 0 N–H and O–H groups in total. The molecule has 7 nitrogen and oxygen atoms in total. The standard InChI is InChI=1S/C24H22BrClO7/c1-29-23-20(27)17-4-3-5-18(26)21(17)33-22(23)16-7-6-14(25)12-19(16)32-9-8-31-15-10-13(11-15)24(28)30-2/h3-7,12-13,15H,8-11H2,1-2H3/t13-,15+. The van der Waals surface area contributed by atoms with E-state index < -0.39 is 0 Å². The summed E-state index contributed by atoms with van der Waals surface area (Å²) < 4.78 is 28.7. The van der Waals surface area contributed by atoms with Gasteiger partial charge in [0, 0.05) is 4.47 Å². The van der Waals surface area contributed by atoms with Crippen molar-refractivity contribution in [2.45, 2.75) is 18.9 Å². The van der Waals surface area contributed by atoms with E-state index in [2.05, 4.69) is 15.9 Å². The molecule has 1 saturated carbocycles. The third-order valence-corrected chi connectivity index (χ3v) is 6.34. The summed E-state index contributed by atoms with van der Waals surface area (Å²) in [5.74, 6) is 0.494. The van der Waals surface area contributed by atoms with Gasteiger partial charge in [-0.1, -0.05) is 33.6 Å². The number of methoxy groups -OCH3 is 2. The minimum atomic E-state index is -0.321. The molecule has 33 heavy (non-hydrogen) atoms. The van der Waals surface area contributed by atoms with Gasteiger partial charge < -0.3 is 23.4 Å². The van der Waals surface area contributed by atoms with Crippen LogP contribution in [0.2, 0.25) is 5.02 Å². The molecule has 1 aromatic heterocycles. The van der Waals surface area contributed by atoms with E-state index in [-0.39, 0.29) is 47.1 Å². The first kappa shape index (κ1) is 23.6. The van der Waals surface area contributed by atoms with Crippen LogP contribution in [0.15, 0.2) is 50.1 Å². The van der Waals surface area contributed by atoms with E-state index in [1.165, 1.54) is 14.2 Å². The van der Waals surface area contributed by atoms with Crippen LogP contribution in [0.5, 0.6) is 11.5 Å². The number of hydrogen-bond acceptors (Lipinski definition) is 7. The summed E-state index contributed by atoms with van der Waals surface area (Å²) in [7, 11) is 2.81. The zero-order valence-electron chi connectivity index (χ0n) is 18.1. The average molecular weight is 538 g/mol. The number of hydrogen-bond donors (Lipinski definition) is 0. The van der Waals surface area contributed by atoms with Crippen LogP contribution in [-0.2, 0) is 14.3 Å². The zero-order chi connectivity index (χ0) is 23.5. The molecule has 3 aromatic rings. The second kappa shape index (κ2) is 10.2. The van der Waals surface area contributed by atoms with Gasteiger partial charge in [-0.25, -0.2) is 0 Å². The molecule has 4 rings (SSSR count). The van der Waals surface area contributed by atoms with E-state index in [4.69, 9.17) is 35.0 Å². The summed E-state index contributed by atoms with van der Waals surface area (Å²) in [5, 5.41) is 0.661. The maximum atomic E-state index is 13.0. The number of para-hydroxylation sites is 1. The Labute approximate surface area is 203 Å². The van der Waals surface area contributed by atoms with Gasteiger partial charge in [0.2, 0.25) is 11.2 Å². The number of carbonyl (C=O) groups is 1. The molecule has 1 heterocycles. The van der Waals surface area contributed by atoms with Gasteiger partial charge in [-0.15, -0.1) is 0 Å². The first-order valence-corrected chi connectivity index (χ1v) is 11.5. The maximum Gasteiger partial charge on any atom is 0.308 e. The van der Waals surface area contributed by atoms with Crippen LogP contribution in [0.4, 0.5) is 0 Å². The second-order valence-corrected chi connectivity index (χ2v) is 8.91. The van der Waals surface area contributed by atoms with Crippen molar-refractivity contribution in [1.29, 1.82) is 0 Å². The lowest BCUT2D eigenvalue weighted by Gasteiger charge is -2.32. The molecule has 0 aliphatic heterocycles. The molecule has 0 atom stereocenters. The Hall–Kier alpha value is -2.55. The molecule has 2 aromatic carbocycles. The first-order valence-electron chi connectivity index (χ1n) is 10.3. The summed E-state index contributed by atoms with van der Waals surface area (Å²) in [6, 6.07) is 10.4. The largest absolute Gasteiger partial charge is 0.490 e. The van der Waals surface area contributed by atoms with Crippen LogP contribution < -0.4 is 14.9 Å². The van der Waals surface area contributed by atoms with E-state index in [0.29, 0.717) is 41.2 Å². The Morgan fingerprint density at radius 3 is 2.70 bits per heavy atom. The van der Waals surface area contributed by atoms with Crippen molar-refractivity contribution in [3.63, 3.8) is 0 Å². The third-order valence-electron chi connectivity index (χ3n) is 5.54. The summed E-state index contributed by atoms with van der Waals surface area (Å²) in [4.78, 5) is 24.5. The number of esters is 1. The van der Waals surface area contributed by atoms with Gasteiger partial charge in [0.05, 0.1) is 48.8 Å². The van der Waals surface area contributed by atoms with Gasteiger partial charge in [-0.3, -0.25) is 9.59 Å². The van der Waals surface area contributed by atoms with Crippen LogP contribution in [0.1, 0.15) is 12.8 Å². The van der Waals surface area contributed by atoms with Crippen molar-refractivity contribution >= 4 is 44.5 Å². The number of carbonyl (C=O) groups excluding carboxylic acids is 1. The Morgan fingerprint density at radius 2 is 1.97 bits per heavy atom. The molecule has 0 spiro atoms. The smallest absolute Gasteiger partial charge is 0.308 e. The molecule has 0 radical (unpaired) electrons. The molecule has 1 aliphatic carbocycles. The normalized spacial score (nSPS) is 17.5. The number of rotatable bonds is 8. The fourth-order valence-electron chi connectivity index (χ4n) is 3.76. The van der Waals surface area contributed by atoms with E-state index >= 15 is 0 Å². The molecule has 9 heteroatoms. The monoisotopic (exact) mass is 536 g/mol. The fraction of sp³-hybridized carbons (Fsp3) is 0.333. The molecular formula is C24H22BrClO7. The molecule has 0 saturated heterocycles. The predicted molar refractivity (Wildman–Crippen MR) is 127 cm³/mol. The lowest BCUT2D eigenvalue weighted by atomic mass is 9.82. The number of ether oxygens (including phenoxy) is 4. The van der Waals surface area contributed by atoms with Crippen molar-refractivity contribution < 1.29 is 28.2 Å². The predicted octanol–water partition coefficient (Wildman–Crippen LogP) is 5.23. The molecule has 0 unspecified atom stereocenters. The number of halogens is 2. The van der Waals surface area contributed by atoms with Gasteiger partial charge in [-0.2, -0.15) is 0 Å². The van der Waals surface area contributed by atoms with Gasteiger partial charge in [-0.05, 0) is 43.2 Å². The highest BCUT2D eigenvalue weighted by molar-refractivity contribution is 9.10. The van der Waals surface area contributed by atoms with E-state index in [1.807, 2.05) is 6.07 Å². The second-order valence-electron chi connectivity index (χ2n) is 7.58. The van der Waals surface area contributed by atoms with Crippen LogP contribution in [0, 0.1) is 5.92 Å². The van der Waals surface area contributed by atoms with Gasteiger partial charge >= 0.3 is 5.97 Å². The Balaban J connectivity index is 1.54.